The molecule has 11 heavy (non-hydrogen) atoms. The topological polar surface area (TPSA) is 62.1 Å². The van der Waals surface area contributed by atoms with Crippen LogP contribution in [0.15, 0.2) is 0 Å². The highest BCUT2D eigenvalue weighted by molar-refractivity contribution is 6.21. The minimum Gasteiger partial charge on any atom is -0.315 e. The molecule has 2 fully saturated rings. The molecule has 2 saturated heterocycles. The van der Waals surface area contributed by atoms with Crippen LogP contribution in [0.2, 0.25) is 0 Å². The molecule has 4 atom stereocenters. The second-order valence-corrected chi connectivity index (χ2v) is 3.73. The van der Waals surface area contributed by atoms with Gasteiger partial charge >= 0.3 is 0 Å². The largest absolute Gasteiger partial charge is 0.315 e. The molecule has 4 nitrogen and oxygen atoms in total. The summed E-state index contributed by atoms with van der Waals surface area (Å²) in [5.41, 5.74) is 11.9. The number of nitrogens with two attached hydrogens (primary N) is 1. The Labute approximate surface area is 70.8 Å². The van der Waals surface area contributed by atoms with E-state index in [1.807, 2.05) is 0 Å². The number of nitrogens with one attached hydrogen (secondary N) is 3. The van der Waals surface area contributed by atoms with E-state index in [9.17, 15) is 0 Å². The summed E-state index contributed by atoms with van der Waals surface area (Å²) in [4.78, 5) is 0. The quantitative estimate of drug-likeness (QED) is 0.342. The Morgan fingerprint density at radius 1 is 1.27 bits per heavy atom. The van der Waals surface area contributed by atoms with Crippen molar-refractivity contribution < 1.29 is 0 Å². The molecule has 0 aromatic rings. The van der Waals surface area contributed by atoms with Crippen molar-refractivity contribution in [3.05, 3.63) is 0 Å². The molecule has 0 aromatic heterocycles. The maximum absolute atomic E-state index is 6.09. The summed E-state index contributed by atoms with van der Waals surface area (Å²) in [7, 11) is 0. The summed E-state index contributed by atoms with van der Waals surface area (Å²) in [6.07, 6.45) is 0.00426. The van der Waals surface area contributed by atoms with Crippen LogP contribution < -0.4 is 21.9 Å². The van der Waals surface area contributed by atoms with E-state index in [-0.39, 0.29) is 11.5 Å². The molecule has 2 aliphatic rings. The van der Waals surface area contributed by atoms with Crippen LogP contribution in [-0.2, 0) is 0 Å². The molecule has 5 N–H and O–H groups in total. The maximum Gasteiger partial charge on any atom is 0.0738 e. The van der Waals surface area contributed by atoms with Gasteiger partial charge in [-0.15, -0.1) is 11.6 Å². The van der Waals surface area contributed by atoms with Gasteiger partial charge < -0.3 is 11.1 Å². The lowest BCUT2D eigenvalue weighted by Gasteiger charge is -2.30. The molecule has 2 aliphatic heterocycles. The summed E-state index contributed by atoms with van der Waals surface area (Å²) in [6.45, 7) is 1.81. The SMILES string of the molecule is NC1NNC2CNCC(Cl)C12. The lowest BCUT2D eigenvalue weighted by atomic mass is 9.92. The second-order valence-electron chi connectivity index (χ2n) is 3.17. The second kappa shape index (κ2) is 2.88. The van der Waals surface area contributed by atoms with Crippen molar-refractivity contribution in [2.75, 3.05) is 13.1 Å². The summed E-state index contributed by atoms with van der Waals surface area (Å²) in [5.74, 6) is 0.359. The molecule has 5 heteroatoms. The van der Waals surface area contributed by atoms with E-state index < -0.39 is 0 Å². The van der Waals surface area contributed by atoms with Gasteiger partial charge in [0.05, 0.1) is 11.5 Å². The summed E-state index contributed by atoms with van der Waals surface area (Å²) < 4.78 is 0. The number of alkyl halides is 1. The monoisotopic (exact) mass is 176 g/mol. The zero-order valence-electron chi connectivity index (χ0n) is 6.18. The van der Waals surface area contributed by atoms with E-state index in [4.69, 9.17) is 17.3 Å². The van der Waals surface area contributed by atoms with E-state index in [0.717, 1.165) is 13.1 Å². The number of hydrazine groups is 1. The van der Waals surface area contributed by atoms with Gasteiger partial charge in [-0.25, -0.2) is 5.43 Å². The standard InChI is InChI=1S/C6H13ClN4/c7-3-1-9-2-4-5(3)6(8)11-10-4/h3-6,9-11H,1-2,8H2. The highest BCUT2D eigenvalue weighted by Gasteiger charge is 2.40. The molecule has 0 radical (unpaired) electrons. The summed E-state index contributed by atoms with van der Waals surface area (Å²) >= 11 is 6.09. The third-order valence-corrected chi connectivity index (χ3v) is 2.88. The first-order chi connectivity index (χ1) is 5.29. The lowest BCUT2D eigenvalue weighted by molar-refractivity contribution is 0.329. The molecule has 2 heterocycles. The molecule has 0 spiro atoms. The Morgan fingerprint density at radius 2 is 2.09 bits per heavy atom. The van der Waals surface area contributed by atoms with Crippen LogP contribution >= 0.6 is 11.6 Å². The van der Waals surface area contributed by atoms with Gasteiger partial charge in [-0.1, -0.05) is 0 Å². The van der Waals surface area contributed by atoms with Gasteiger partial charge in [0.2, 0.25) is 0 Å². The van der Waals surface area contributed by atoms with Crippen LogP contribution in [0.1, 0.15) is 0 Å². The van der Waals surface area contributed by atoms with Crippen LogP contribution in [0.4, 0.5) is 0 Å². The zero-order chi connectivity index (χ0) is 7.84. The van der Waals surface area contributed by atoms with Crippen LogP contribution in [0.3, 0.4) is 0 Å². The van der Waals surface area contributed by atoms with Crippen molar-refractivity contribution in [1.82, 2.24) is 16.2 Å². The maximum atomic E-state index is 6.09. The highest BCUT2D eigenvalue weighted by atomic mass is 35.5. The number of rotatable bonds is 0. The summed E-state index contributed by atoms with van der Waals surface area (Å²) in [5, 5.41) is 3.38. The third-order valence-electron chi connectivity index (χ3n) is 2.44. The van der Waals surface area contributed by atoms with E-state index in [1.165, 1.54) is 0 Å². The Balaban J connectivity index is 2.08. The van der Waals surface area contributed by atoms with Crippen molar-refractivity contribution in [3.63, 3.8) is 0 Å². The minimum atomic E-state index is 0.00426. The molecule has 64 valence electrons. The molecule has 2 rings (SSSR count). The average Bonchev–Trinajstić information content (AvgIpc) is 2.34. The zero-order valence-corrected chi connectivity index (χ0v) is 6.93. The first-order valence-electron chi connectivity index (χ1n) is 3.90. The molecule has 0 bridgehead atoms. The molecule has 4 unspecified atom stereocenters. The minimum absolute atomic E-state index is 0.00426. The van der Waals surface area contributed by atoms with E-state index in [0.29, 0.717) is 12.0 Å². The van der Waals surface area contributed by atoms with Gasteiger partial charge in [-0.3, -0.25) is 5.43 Å². The van der Waals surface area contributed by atoms with Gasteiger partial charge in [0, 0.05) is 25.0 Å². The predicted octanol–water partition coefficient (Wildman–Crippen LogP) is -1.43. The summed E-state index contributed by atoms with van der Waals surface area (Å²) in [6, 6.07) is 0.390. The molecule has 0 amide bonds. The lowest BCUT2D eigenvalue weighted by Crippen LogP contribution is -2.52. The number of hydrogen-bond donors (Lipinski definition) is 4. The first kappa shape index (κ1) is 7.76. The third kappa shape index (κ3) is 1.25. The van der Waals surface area contributed by atoms with Crippen molar-refractivity contribution in [2.24, 2.45) is 11.7 Å². The fourth-order valence-electron chi connectivity index (χ4n) is 1.82. The van der Waals surface area contributed by atoms with Crippen molar-refractivity contribution >= 4 is 11.6 Å². The number of halogens is 1. The van der Waals surface area contributed by atoms with Crippen LogP contribution in [0.25, 0.3) is 0 Å². The van der Waals surface area contributed by atoms with Gasteiger partial charge in [-0.05, 0) is 0 Å². The van der Waals surface area contributed by atoms with Crippen molar-refractivity contribution in [1.29, 1.82) is 0 Å². The Bertz CT molecular complexity index is 152. The Kier molecular flexibility index (Phi) is 2.03. The fourth-order valence-corrected chi connectivity index (χ4v) is 2.26. The van der Waals surface area contributed by atoms with Crippen molar-refractivity contribution in [3.8, 4) is 0 Å². The fraction of sp³-hybridized carbons (Fsp3) is 1.00. The van der Waals surface area contributed by atoms with Crippen LogP contribution in [0, 0.1) is 5.92 Å². The van der Waals surface area contributed by atoms with Gasteiger partial charge in [0.25, 0.3) is 0 Å². The first-order valence-corrected chi connectivity index (χ1v) is 4.34. The molecular weight excluding hydrogens is 164 g/mol. The number of fused-ring (bicyclic) bond motifs is 1. The molecule has 0 aliphatic carbocycles. The van der Waals surface area contributed by atoms with E-state index in [2.05, 4.69) is 16.2 Å². The van der Waals surface area contributed by atoms with Crippen LogP contribution in [-0.4, -0.2) is 30.7 Å². The van der Waals surface area contributed by atoms with Crippen molar-refractivity contribution in [2.45, 2.75) is 17.6 Å². The smallest absolute Gasteiger partial charge is 0.0738 e. The normalized spacial score (nSPS) is 50.7. The molecule has 0 aromatic carbocycles. The van der Waals surface area contributed by atoms with Gasteiger partial charge in [0.1, 0.15) is 0 Å². The van der Waals surface area contributed by atoms with E-state index >= 15 is 0 Å². The van der Waals surface area contributed by atoms with E-state index in [1.54, 1.807) is 0 Å². The highest BCUT2D eigenvalue weighted by Crippen LogP contribution is 2.22. The Morgan fingerprint density at radius 3 is 2.82 bits per heavy atom. The molecular formula is C6H13ClN4. The van der Waals surface area contributed by atoms with Gasteiger partial charge in [0.15, 0.2) is 0 Å². The predicted molar refractivity (Wildman–Crippen MR) is 44.0 cm³/mol. The average molecular weight is 177 g/mol. The van der Waals surface area contributed by atoms with Gasteiger partial charge in [-0.2, -0.15) is 0 Å². The number of hydrogen-bond acceptors (Lipinski definition) is 4. The molecule has 0 saturated carbocycles. The number of piperidine rings is 1. The van der Waals surface area contributed by atoms with Crippen LogP contribution in [0.5, 0.6) is 0 Å². The Hall–Kier alpha value is 0.130.